The van der Waals surface area contributed by atoms with Crippen LogP contribution in [0.5, 0.6) is 5.75 Å². The molecule has 0 aromatic heterocycles. The van der Waals surface area contributed by atoms with E-state index >= 15 is 0 Å². The van der Waals surface area contributed by atoms with E-state index in [1.165, 1.54) is 0 Å². The predicted octanol–water partition coefficient (Wildman–Crippen LogP) is 1.96. The van der Waals surface area contributed by atoms with Crippen LogP contribution in [-0.4, -0.2) is 51.6 Å². The molecule has 1 atom stereocenters. The van der Waals surface area contributed by atoms with Crippen LogP contribution in [0, 0.1) is 0 Å². The zero-order valence-electron chi connectivity index (χ0n) is 14.9. The van der Waals surface area contributed by atoms with E-state index in [1.54, 1.807) is 0 Å². The van der Waals surface area contributed by atoms with Crippen LogP contribution in [0.1, 0.15) is 13.3 Å². The average Bonchev–Trinajstić information content (AvgIpc) is 2.97. The van der Waals surface area contributed by atoms with Crippen LogP contribution in [0.15, 0.2) is 47.5 Å². The van der Waals surface area contributed by atoms with Crippen LogP contribution in [0.25, 0.3) is 10.8 Å². The Bertz CT molecular complexity index is 875. The Balaban J connectivity index is 1.56. The van der Waals surface area contributed by atoms with E-state index in [-0.39, 0.29) is 17.5 Å². The minimum atomic E-state index is -2.91. The molecule has 0 spiro atoms. The van der Waals surface area contributed by atoms with Gasteiger partial charge < -0.3 is 15.4 Å². The molecule has 1 aliphatic heterocycles. The van der Waals surface area contributed by atoms with Gasteiger partial charge in [-0.15, -0.1) is 0 Å². The van der Waals surface area contributed by atoms with E-state index in [1.807, 2.05) is 37.3 Å². The summed E-state index contributed by atoms with van der Waals surface area (Å²) < 4.78 is 29.1. The van der Waals surface area contributed by atoms with Crippen molar-refractivity contribution in [1.29, 1.82) is 0 Å². The molecule has 0 radical (unpaired) electrons. The Morgan fingerprint density at radius 3 is 2.81 bits per heavy atom. The highest BCUT2D eigenvalue weighted by molar-refractivity contribution is 7.91. The van der Waals surface area contributed by atoms with Crippen LogP contribution in [0.3, 0.4) is 0 Å². The summed E-state index contributed by atoms with van der Waals surface area (Å²) in [4.78, 5) is 4.49. The standard InChI is InChI=1S/C19H25N3O3S/c1-2-20-19(22-16-10-13-26(23,24)14-16)21-11-12-25-18-9-5-7-15-6-3-4-8-17(15)18/h3-9,16H,2,10-14H2,1H3,(H2,20,21,22). The first-order valence-electron chi connectivity index (χ1n) is 8.93. The van der Waals surface area contributed by atoms with Gasteiger partial charge in [-0.2, -0.15) is 0 Å². The number of hydrogen-bond acceptors (Lipinski definition) is 4. The molecule has 1 fully saturated rings. The smallest absolute Gasteiger partial charge is 0.191 e. The van der Waals surface area contributed by atoms with Crippen molar-refractivity contribution >= 4 is 26.6 Å². The Labute approximate surface area is 154 Å². The first-order chi connectivity index (χ1) is 12.6. The van der Waals surface area contributed by atoms with E-state index in [0.717, 1.165) is 23.1 Å². The zero-order valence-corrected chi connectivity index (χ0v) is 15.8. The number of rotatable bonds is 6. The molecular weight excluding hydrogens is 350 g/mol. The first kappa shape index (κ1) is 18.5. The van der Waals surface area contributed by atoms with Crippen LogP contribution < -0.4 is 15.4 Å². The highest BCUT2D eigenvalue weighted by atomic mass is 32.2. The van der Waals surface area contributed by atoms with Crippen LogP contribution in [-0.2, 0) is 9.84 Å². The van der Waals surface area contributed by atoms with Crippen molar-refractivity contribution in [3.05, 3.63) is 42.5 Å². The Hall–Kier alpha value is -2.28. The summed E-state index contributed by atoms with van der Waals surface area (Å²) in [6.07, 6.45) is 0.624. The van der Waals surface area contributed by atoms with Crippen molar-refractivity contribution in [3.63, 3.8) is 0 Å². The molecule has 0 amide bonds. The largest absolute Gasteiger partial charge is 0.491 e. The Morgan fingerprint density at radius 1 is 1.23 bits per heavy atom. The monoisotopic (exact) mass is 375 g/mol. The second-order valence-corrected chi connectivity index (χ2v) is 8.56. The van der Waals surface area contributed by atoms with Crippen LogP contribution >= 0.6 is 0 Å². The van der Waals surface area contributed by atoms with Gasteiger partial charge in [0.1, 0.15) is 12.4 Å². The molecule has 1 unspecified atom stereocenters. The van der Waals surface area contributed by atoms with Gasteiger partial charge in [-0.3, -0.25) is 0 Å². The summed E-state index contributed by atoms with van der Waals surface area (Å²) in [7, 11) is -2.91. The predicted molar refractivity (Wildman–Crippen MR) is 106 cm³/mol. The molecular formula is C19H25N3O3S. The second-order valence-electron chi connectivity index (χ2n) is 6.33. The number of ether oxygens (including phenoxy) is 1. The lowest BCUT2D eigenvalue weighted by atomic mass is 10.1. The fraction of sp³-hybridized carbons (Fsp3) is 0.421. The van der Waals surface area contributed by atoms with Gasteiger partial charge in [0.15, 0.2) is 15.8 Å². The van der Waals surface area contributed by atoms with Crippen LogP contribution in [0.2, 0.25) is 0 Å². The SMILES string of the molecule is CCNC(=NCCOc1cccc2ccccc12)NC1CCS(=O)(=O)C1. The molecule has 26 heavy (non-hydrogen) atoms. The Kier molecular flexibility index (Phi) is 5.98. The molecule has 1 aliphatic rings. The van der Waals surface area contributed by atoms with Gasteiger partial charge in [-0.25, -0.2) is 13.4 Å². The van der Waals surface area contributed by atoms with E-state index in [0.29, 0.717) is 25.5 Å². The maximum absolute atomic E-state index is 11.6. The summed E-state index contributed by atoms with van der Waals surface area (Å²) in [6.45, 7) is 3.64. The summed E-state index contributed by atoms with van der Waals surface area (Å²) in [5.41, 5.74) is 0. The van der Waals surface area contributed by atoms with Gasteiger partial charge in [0.05, 0.1) is 18.1 Å². The fourth-order valence-electron chi connectivity index (χ4n) is 3.06. The lowest BCUT2D eigenvalue weighted by Gasteiger charge is -2.16. The molecule has 0 saturated carbocycles. The number of fused-ring (bicyclic) bond motifs is 1. The number of guanidine groups is 1. The molecule has 1 saturated heterocycles. The molecule has 140 valence electrons. The minimum absolute atomic E-state index is 0.0724. The molecule has 6 nitrogen and oxygen atoms in total. The minimum Gasteiger partial charge on any atom is -0.491 e. The topological polar surface area (TPSA) is 79.8 Å². The molecule has 2 aromatic carbocycles. The molecule has 0 bridgehead atoms. The van der Waals surface area contributed by atoms with Crippen molar-refractivity contribution in [1.82, 2.24) is 10.6 Å². The van der Waals surface area contributed by atoms with E-state index in [9.17, 15) is 8.42 Å². The van der Waals surface area contributed by atoms with Crippen molar-refractivity contribution < 1.29 is 13.2 Å². The number of nitrogens with one attached hydrogen (secondary N) is 2. The second kappa shape index (κ2) is 8.40. The third-order valence-electron chi connectivity index (χ3n) is 4.29. The quantitative estimate of drug-likeness (QED) is 0.458. The molecule has 0 aliphatic carbocycles. The lowest BCUT2D eigenvalue weighted by molar-refractivity contribution is 0.332. The van der Waals surface area contributed by atoms with E-state index in [4.69, 9.17) is 4.74 Å². The highest BCUT2D eigenvalue weighted by Gasteiger charge is 2.28. The lowest BCUT2D eigenvalue weighted by Crippen LogP contribution is -2.44. The maximum atomic E-state index is 11.6. The number of benzene rings is 2. The summed E-state index contributed by atoms with van der Waals surface area (Å²) in [5.74, 6) is 1.90. The Morgan fingerprint density at radius 2 is 2.04 bits per heavy atom. The zero-order chi connectivity index (χ0) is 18.4. The van der Waals surface area contributed by atoms with Gasteiger partial charge in [0, 0.05) is 18.0 Å². The number of sulfone groups is 1. The molecule has 2 N–H and O–H groups in total. The normalized spacial score (nSPS) is 19.4. The number of hydrogen-bond donors (Lipinski definition) is 2. The third-order valence-corrected chi connectivity index (χ3v) is 6.05. The number of nitrogens with zero attached hydrogens (tertiary/aromatic N) is 1. The van der Waals surface area contributed by atoms with E-state index < -0.39 is 9.84 Å². The molecule has 7 heteroatoms. The first-order valence-corrected chi connectivity index (χ1v) is 10.8. The van der Waals surface area contributed by atoms with Crippen molar-refractivity contribution in [3.8, 4) is 5.75 Å². The van der Waals surface area contributed by atoms with Crippen LogP contribution in [0.4, 0.5) is 0 Å². The summed E-state index contributed by atoms with van der Waals surface area (Å²) in [6, 6.07) is 14.0. The van der Waals surface area contributed by atoms with Gasteiger partial charge in [0.25, 0.3) is 0 Å². The van der Waals surface area contributed by atoms with Gasteiger partial charge >= 0.3 is 0 Å². The van der Waals surface area contributed by atoms with Crippen molar-refractivity contribution in [2.24, 2.45) is 4.99 Å². The van der Waals surface area contributed by atoms with Gasteiger partial charge in [0.2, 0.25) is 0 Å². The number of aliphatic imine (C=N–C) groups is 1. The fourth-order valence-corrected chi connectivity index (χ4v) is 4.73. The van der Waals surface area contributed by atoms with Crippen molar-refractivity contribution in [2.45, 2.75) is 19.4 Å². The molecule has 3 rings (SSSR count). The van der Waals surface area contributed by atoms with Gasteiger partial charge in [-0.1, -0.05) is 36.4 Å². The molecule has 2 aromatic rings. The average molecular weight is 375 g/mol. The highest BCUT2D eigenvalue weighted by Crippen LogP contribution is 2.24. The third kappa shape index (κ3) is 4.88. The molecule has 1 heterocycles. The summed E-state index contributed by atoms with van der Waals surface area (Å²) in [5, 5.41) is 8.59. The maximum Gasteiger partial charge on any atom is 0.191 e. The summed E-state index contributed by atoms with van der Waals surface area (Å²) >= 11 is 0. The van der Waals surface area contributed by atoms with E-state index in [2.05, 4.69) is 27.8 Å². The van der Waals surface area contributed by atoms with Crippen molar-refractivity contribution in [2.75, 3.05) is 31.2 Å². The van der Waals surface area contributed by atoms with Gasteiger partial charge in [-0.05, 0) is 24.8 Å².